The Morgan fingerprint density at radius 2 is 1.85 bits per heavy atom. The van der Waals surface area contributed by atoms with Crippen LogP contribution in [-0.4, -0.2) is 30.2 Å². The number of pyridine rings is 2. The van der Waals surface area contributed by atoms with E-state index >= 15 is 0 Å². The van der Waals surface area contributed by atoms with Crippen molar-refractivity contribution >= 4 is 28.4 Å². The molecule has 168 valence electrons. The monoisotopic (exact) mass is 442 g/mol. The first-order valence-corrected chi connectivity index (χ1v) is 10.7. The minimum Gasteiger partial charge on any atom is -0.497 e. The van der Waals surface area contributed by atoms with Crippen molar-refractivity contribution in [3.63, 3.8) is 0 Å². The second-order valence-electron chi connectivity index (χ2n) is 8.10. The van der Waals surface area contributed by atoms with Gasteiger partial charge in [0.2, 0.25) is 0 Å². The number of hydrogen-bond donors (Lipinski definition) is 2. The minimum atomic E-state index is -0.403. The molecule has 2 N–H and O–H groups in total. The predicted octanol–water partition coefficient (Wildman–Crippen LogP) is 5.39. The summed E-state index contributed by atoms with van der Waals surface area (Å²) in [6.07, 6.45) is 1.61. The number of H-pyrrole nitrogens is 1. The third kappa shape index (κ3) is 4.57. The molecule has 0 saturated heterocycles. The Hall–Kier alpha value is -4.13. The molecule has 7 nitrogen and oxygen atoms in total. The number of hydrogen-bond acceptors (Lipinski definition) is 4. The van der Waals surface area contributed by atoms with E-state index in [2.05, 4.69) is 35.2 Å². The maximum Gasteiger partial charge on any atom is 0.326 e. The van der Waals surface area contributed by atoms with Crippen molar-refractivity contribution in [1.29, 1.82) is 0 Å². The Kier molecular flexibility index (Phi) is 6.13. The summed E-state index contributed by atoms with van der Waals surface area (Å²) in [4.78, 5) is 33.8. The molecule has 0 aliphatic rings. The van der Waals surface area contributed by atoms with E-state index < -0.39 is 6.03 Å². The highest BCUT2D eigenvalue weighted by Gasteiger charge is 2.18. The fraction of sp³-hybridized carbons (Fsp3) is 0.192. The van der Waals surface area contributed by atoms with Crippen molar-refractivity contribution in [2.24, 2.45) is 0 Å². The highest BCUT2D eigenvalue weighted by atomic mass is 16.5. The number of carbonyl (C=O) groups is 1. The number of aromatic nitrogens is 2. The van der Waals surface area contributed by atoms with Gasteiger partial charge in [-0.05, 0) is 65.1 Å². The lowest BCUT2D eigenvalue weighted by atomic mass is 9.95. The van der Waals surface area contributed by atoms with Gasteiger partial charge in [-0.15, -0.1) is 0 Å². The molecule has 2 amide bonds. The van der Waals surface area contributed by atoms with E-state index in [9.17, 15) is 9.59 Å². The summed E-state index contributed by atoms with van der Waals surface area (Å²) in [5, 5.41) is 3.71. The molecule has 0 unspecified atom stereocenters. The van der Waals surface area contributed by atoms with Gasteiger partial charge in [-0.3, -0.25) is 9.69 Å². The van der Waals surface area contributed by atoms with Gasteiger partial charge in [-0.1, -0.05) is 32.0 Å². The van der Waals surface area contributed by atoms with Crippen molar-refractivity contribution in [2.45, 2.75) is 19.8 Å². The summed E-state index contributed by atoms with van der Waals surface area (Å²) in [5.41, 5.74) is 4.10. The van der Waals surface area contributed by atoms with Crippen LogP contribution in [0.2, 0.25) is 0 Å². The Morgan fingerprint density at radius 1 is 1.06 bits per heavy atom. The number of fused-ring (bicyclic) bond motifs is 1. The molecule has 0 bridgehead atoms. The molecule has 0 saturated carbocycles. The van der Waals surface area contributed by atoms with E-state index in [1.165, 1.54) is 4.90 Å². The molecule has 2 aromatic heterocycles. The first-order chi connectivity index (χ1) is 15.9. The fourth-order valence-electron chi connectivity index (χ4n) is 3.72. The quantitative estimate of drug-likeness (QED) is 0.434. The van der Waals surface area contributed by atoms with Crippen molar-refractivity contribution < 1.29 is 9.53 Å². The van der Waals surface area contributed by atoms with Gasteiger partial charge in [0.25, 0.3) is 5.56 Å². The van der Waals surface area contributed by atoms with Gasteiger partial charge < -0.3 is 15.0 Å². The third-order valence-corrected chi connectivity index (χ3v) is 5.58. The predicted molar refractivity (Wildman–Crippen MR) is 132 cm³/mol. The Morgan fingerprint density at radius 3 is 2.61 bits per heavy atom. The zero-order valence-electron chi connectivity index (χ0n) is 19.0. The van der Waals surface area contributed by atoms with Crippen LogP contribution in [0.4, 0.5) is 16.2 Å². The van der Waals surface area contributed by atoms with Gasteiger partial charge in [0.15, 0.2) is 0 Å². The molecule has 4 rings (SSSR count). The van der Waals surface area contributed by atoms with Crippen molar-refractivity contribution in [2.75, 3.05) is 24.4 Å². The average molecular weight is 443 g/mol. The van der Waals surface area contributed by atoms with E-state index in [1.54, 1.807) is 32.5 Å². The molecule has 0 aliphatic carbocycles. The first-order valence-electron chi connectivity index (χ1n) is 10.7. The second kappa shape index (κ2) is 9.16. The summed E-state index contributed by atoms with van der Waals surface area (Å²) >= 11 is 0. The summed E-state index contributed by atoms with van der Waals surface area (Å²) < 4.78 is 5.34. The number of aromatic amines is 1. The van der Waals surface area contributed by atoms with Crippen LogP contribution in [0.5, 0.6) is 5.75 Å². The average Bonchev–Trinajstić information content (AvgIpc) is 2.83. The summed E-state index contributed by atoms with van der Waals surface area (Å²) in [6, 6.07) is 18.7. The van der Waals surface area contributed by atoms with Gasteiger partial charge in [-0.25, -0.2) is 9.78 Å². The van der Waals surface area contributed by atoms with E-state index in [4.69, 9.17) is 4.74 Å². The van der Waals surface area contributed by atoms with Crippen LogP contribution in [0.3, 0.4) is 0 Å². The largest absolute Gasteiger partial charge is 0.497 e. The van der Waals surface area contributed by atoms with Crippen LogP contribution in [0.1, 0.15) is 25.3 Å². The van der Waals surface area contributed by atoms with Crippen molar-refractivity contribution in [1.82, 2.24) is 9.97 Å². The fourth-order valence-corrected chi connectivity index (χ4v) is 3.72. The molecule has 4 aromatic rings. The van der Waals surface area contributed by atoms with Crippen LogP contribution in [0.25, 0.3) is 22.2 Å². The molecule has 0 aliphatic heterocycles. The van der Waals surface area contributed by atoms with Crippen LogP contribution in [0.15, 0.2) is 71.7 Å². The number of nitrogens with one attached hydrogen (secondary N) is 2. The highest BCUT2D eigenvalue weighted by molar-refractivity contribution is 6.02. The summed E-state index contributed by atoms with van der Waals surface area (Å²) in [5.74, 6) is 0.958. The Balaban J connectivity index is 1.63. The van der Waals surface area contributed by atoms with E-state index in [-0.39, 0.29) is 17.2 Å². The molecular weight excluding hydrogens is 416 g/mol. The van der Waals surface area contributed by atoms with Crippen LogP contribution in [-0.2, 0) is 0 Å². The van der Waals surface area contributed by atoms with Crippen LogP contribution >= 0.6 is 0 Å². The van der Waals surface area contributed by atoms with Crippen molar-refractivity contribution in [3.05, 3.63) is 82.8 Å². The maximum atomic E-state index is 13.0. The molecule has 7 heteroatoms. The summed E-state index contributed by atoms with van der Waals surface area (Å²) in [6.45, 7) is 4.15. The number of anilines is 2. The normalized spacial score (nSPS) is 10.9. The topological polar surface area (TPSA) is 87.3 Å². The smallest absolute Gasteiger partial charge is 0.326 e. The molecule has 2 aromatic carbocycles. The zero-order chi connectivity index (χ0) is 23.5. The van der Waals surface area contributed by atoms with Gasteiger partial charge in [0, 0.05) is 24.3 Å². The lowest BCUT2D eigenvalue weighted by molar-refractivity contribution is 0.258. The SMILES string of the molecule is COc1cccc(-c2ccc(NC(=O)N(C)c3cc4cccnc4[nH]c3=O)c(C(C)C)c2)c1. The van der Waals surface area contributed by atoms with E-state index in [1.807, 2.05) is 42.5 Å². The molecule has 0 atom stereocenters. The van der Waals surface area contributed by atoms with Crippen molar-refractivity contribution in [3.8, 4) is 16.9 Å². The minimum absolute atomic E-state index is 0.173. The second-order valence-corrected chi connectivity index (χ2v) is 8.10. The first kappa shape index (κ1) is 22.1. The number of nitrogens with zero attached hydrogens (tertiary/aromatic N) is 2. The van der Waals surface area contributed by atoms with Gasteiger partial charge in [0.05, 0.1) is 7.11 Å². The molecular formula is C26H26N4O3. The molecule has 2 heterocycles. The lowest BCUT2D eigenvalue weighted by Gasteiger charge is -2.21. The van der Waals surface area contributed by atoms with Crippen LogP contribution in [0, 0.1) is 0 Å². The number of amides is 2. The van der Waals surface area contributed by atoms with Gasteiger partial charge >= 0.3 is 6.03 Å². The standard InChI is InChI=1S/C26H26N4O3/c1-16(2)21-14-18(17-7-5-9-20(13-17)33-4)10-11-22(21)28-26(32)30(3)23-15-19-8-6-12-27-24(19)29-25(23)31/h5-16H,1-4H3,(H,28,32)(H,27,29,31). The molecule has 33 heavy (non-hydrogen) atoms. The number of benzene rings is 2. The number of methoxy groups -OCH3 is 1. The zero-order valence-corrected chi connectivity index (χ0v) is 19.0. The number of rotatable bonds is 5. The number of ether oxygens (including phenoxy) is 1. The van der Waals surface area contributed by atoms with Gasteiger partial charge in [-0.2, -0.15) is 0 Å². The molecule has 0 fully saturated rings. The Bertz CT molecular complexity index is 1380. The van der Waals surface area contributed by atoms with Crippen LogP contribution < -0.4 is 20.5 Å². The molecule has 0 radical (unpaired) electrons. The van der Waals surface area contributed by atoms with Gasteiger partial charge in [0.1, 0.15) is 17.1 Å². The molecule has 0 spiro atoms. The van der Waals surface area contributed by atoms with E-state index in [0.717, 1.165) is 27.8 Å². The number of urea groups is 1. The summed E-state index contributed by atoms with van der Waals surface area (Å²) in [7, 11) is 3.21. The maximum absolute atomic E-state index is 13.0. The Labute approximate surface area is 192 Å². The lowest BCUT2D eigenvalue weighted by Crippen LogP contribution is -2.35. The highest BCUT2D eigenvalue weighted by Crippen LogP contribution is 2.32. The third-order valence-electron chi connectivity index (χ3n) is 5.58. The van der Waals surface area contributed by atoms with E-state index in [0.29, 0.717) is 11.3 Å². The number of carbonyl (C=O) groups excluding carboxylic acids is 1.